The van der Waals surface area contributed by atoms with E-state index in [4.69, 9.17) is 4.99 Å². The third-order valence-corrected chi connectivity index (χ3v) is 15.0. The van der Waals surface area contributed by atoms with Crippen LogP contribution in [-0.2, 0) is 0 Å². The third kappa shape index (κ3) is 9.40. The van der Waals surface area contributed by atoms with Gasteiger partial charge in [-0.15, -0.1) is 0 Å². The number of rotatable bonds is 12. The molecule has 1 atom stereocenters. The van der Waals surface area contributed by atoms with E-state index in [1.54, 1.807) is 12.1 Å². The summed E-state index contributed by atoms with van der Waals surface area (Å²) in [6.45, 7) is 0. The fourth-order valence-corrected chi connectivity index (χ4v) is 11.1. The van der Waals surface area contributed by atoms with Crippen molar-refractivity contribution in [2.75, 3.05) is 9.80 Å². The molecule has 1 aliphatic rings. The van der Waals surface area contributed by atoms with Crippen molar-refractivity contribution in [3.05, 3.63) is 312 Å². The predicted octanol–water partition coefficient (Wildman–Crippen LogP) is 17.8. The Morgan fingerprint density at radius 3 is 1.32 bits per heavy atom. The Hall–Kier alpha value is -11.5. The molecule has 0 radical (unpaired) electrons. The number of benzene rings is 11. The Bertz CT molecular complexity index is 4290. The topological polar surface area (TPSA) is 107 Å². The number of nitrogens with zero attached hydrogens (tertiary/aromatic N) is 7. The summed E-state index contributed by atoms with van der Waals surface area (Å²) >= 11 is 0. The highest BCUT2D eigenvalue weighted by atomic mass is 15.2. The van der Waals surface area contributed by atoms with Crippen LogP contribution < -0.4 is 15.1 Å². The number of aromatic nitrogens is 1. The zero-order valence-electron chi connectivity index (χ0n) is 43.8. The third-order valence-electron chi connectivity index (χ3n) is 15.0. The van der Waals surface area contributed by atoms with Crippen molar-refractivity contribution in [1.82, 2.24) is 9.88 Å². The number of fused-ring (bicyclic) bond motifs is 3. The lowest BCUT2D eigenvalue weighted by Gasteiger charge is -2.26. The van der Waals surface area contributed by atoms with Gasteiger partial charge >= 0.3 is 0 Å². The molecule has 2 heterocycles. The highest BCUT2D eigenvalue weighted by Crippen LogP contribution is 2.43. The van der Waals surface area contributed by atoms with Crippen LogP contribution in [0.25, 0.3) is 55.4 Å². The Kier molecular flexibility index (Phi) is 13.0. The molecule has 0 spiro atoms. The molecule has 1 unspecified atom stereocenters. The van der Waals surface area contributed by atoms with Gasteiger partial charge in [-0.2, -0.15) is 15.8 Å². The summed E-state index contributed by atoms with van der Waals surface area (Å²) in [7, 11) is 0. The first kappa shape index (κ1) is 49.1. The molecule has 0 saturated heterocycles. The summed E-state index contributed by atoms with van der Waals surface area (Å²) in [4.78, 5) is 9.61. The lowest BCUT2D eigenvalue weighted by molar-refractivity contribution is 0.662. The minimum absolute atomic E-state index is 0.523. The van der Waals surface area contributed by atoms with E-state index in [9.17, 15) is 15.8 Å². The highest BCUT2D eigenvalue weighted by molar-refractivity contribution is 6.15. The monoisotopic (exact) mass is 1040 g/mol. The number of nitrogens with one attached hydrogen (secondary N) is 1. The van der Waals surface area contributed by atoms with Gasteiger partial charge in [0.2, 0.25) is 0 Å². The Morgan fingerprint density at radius 2 is 0.815 bits per heavy atom. The maximum atomic E-state index is 10.9. The number of aliphatic imine (C=N–C) groups is 1. The maximum Gasteiger partial charge on any atom is 0.146 e. The molecule has 1 aromatic heterocycles. The molecule has 0 fully saturated rings. The lowest BCUT2D eigenvalue weighted by atomic mass is 9.95. The van der Waals surface area contributed by atoms with Crippen LogP contribution in [0.4, 0.5) is 34.1 Å². The molecule has 13 rings (SSSR count). The zero-order chi connectivity index (χ0) is 54.7. The van der Waals surface area contributed by atoms with E-state index in [1.807, 2.05) is 72.8 Å². The van der Waals surface area contributed by atoms with E-state index in [-0.39, 0.29) is 0 Å². The van der Waals surface area contributed by atoms with Crippen LogP contribution in [0.5, 0.6) is 0 Å². The predicted molar refractivity (Wildman–Crippen MR) is 328 cm³/mol. The van der Waals surface area contributed by atoms with Crippen molar-refractivity contribution in [3.8, 4) is 46.1 Å². The lowest BCUT2D eigenvalue weighted by Crippen LogP contribution is -2.25. The molecule has 1 N–H and O–H groups in total. The van der Waals surface area contributed by atoms with Gasteiger partial charge in [-0.3, -0.25) is 4.99 Å². The SMILES string of the molecule is N#Cc1ccccc1C1=NC(c2ccccc2C#N)NC(c2ccc(-c3ccc(-c4ccc(-n5c6ccc(N(c7ccccc7)c7ccccc7)cc6c6cc(N(c7ccccc7)c7ccccc7)ccc65)cc4C#N)cc3)cc2)=C1. The Morgan fingerprint density at radius 1 is 0.370 bits per heavy atom. The molecule has 0 amide bonds. The molecular weight excluding hydrogens is 989 g/mol. The number of nitriles is 3. The van der Waals surface area contributed by atoms with E-state index >= 15 is 0 Å². The standard InChI is InChI=1S/C73H48N8/c74-47-54-17-13-15-27-65(54)70-46-69(77-73(78-70)66-28-16-14-18-55(66)48-75)53-35-31-51(32-36-53)50-29-33-52(34-30-50)64-40-37-61(43-56(64)49-76)81-71-41-38-62(79(57-19-5-1-6-20-57)58-21-7-2-8-22-58)44-67(71)68-45-63(39-42-72(68)81)80(59-23-9-3-10-24-59)60-25-11-4-12-26-60/h1-46,73,77H. The van der Waals surface area contributed by atoms with Crippen LogP contribution in [-0.4, -0.2) is 10.3 Å². The second-order valence-corrected chi connectivity index (χ2v) is 19.7. The molecule has 81 heavy (non-hydrogen) atoms. The Labute approximate surface area is 470 Å². The summed E-state index contributed by atoms with van der Waals surface area (Å²) in [5, 5.41) is 36.6. The van der Waals surface area contributed by atoms with Gasteiger partial charge in [-0.05, 0) is 143 Å². The van der Waals surface area contributed by atoms with Gasteiger partial charge in [0.15, 0.2) is 0 Å². The number of anilines is 6. The molecule has 12 aromatic rings. The first-order valence-electron chi connectivity index (χ1n) is 26.7. The second-order valence-electron chi connectivity index (χ2n) is 19.7. The number of allylic oxidation sites excluding steroid dienone is 1. The number of hydrogen-bond donors (Lipinski definition) is 1. The van der Waals surface area contributed by atoms with E-state index in [0.717, 1.165) is 106 Å². The summed E-state index contributed by atoms with van der Waals surface area (Å²) in [5.41, 5.74) is 18.5. The van der Waals surface area contributed by atoms with Gasteiger partial charge in [-0.25, -0.2) is 0 Å². The summed E-state index contributed by atoms with van der Waals surface area (Å²) < 4.78 is 2.28. The second kappa shape index (κ2) is 21.5. The average molecular weight is 1040 g/mol. The van der Waals surface area contributed by atoms with Gasteiger partial charge in [-0.1, -0.05) is 164 Å². The Balaban J connectivity index is 0.855. The van der Waals surface area contributed by atoms with Gasteiger partial charge in [0.25, 0.3) is 0 Å². The molecule has 8 nitrogen and oxygen atoms in total. The molecule has 11 aromatic carbocycles. The van der Waals surface area contributed by atoms with Gasteiger partial charge in [0.1, 0.15) is 6.17 Å². The molecule has 380 valence electrons. The van der Waals surface area contributed by atoms with Crippen molar-refractivity contribution in [2.24, 2.45) is 4.99 Å². The van der Waals surface area contributed by atoms with Crippen molar-refractivity contribution in [2.45, 2.75) is 6.17 Å². The van der Waals surface area contributed by atoms with Gasteiger partial charge in [0.05, 0.1) is 51.6 Å². The minimum Gasteiger partial charge on any atom is -0.359 e. The van der Waals surface area contributed by atoms with Crippen LogP contribution >= 0.6 is 0 Å². The zero-order valence-corrected chi connectivity index (χ0v) is 43.8. The van der Waals surface area contributed by atoms with E-state index in [0.29, 0.717) is 22.4 Å². The maximum absolute atomic E-state index is 10.9. The number of hydrogen-bond acceptors (Lipinski definition) is 7. The average Bonchev–Trinajstić information content (AvgIpc) is 4.00. The molecule has 0 saturated carbocycles. The fourth-order valence-electron chi connectivity index (χ4n) is 11.1. The van der Waals surface area contributed by atoms with Crippen molar-refractivity contribution >= 4 is 67.3 Å². The quantitative estimate of drug-likeness (QED) is 0.131. The molecule has 0 aliphatic carbocycles. The van der Waals surface area contributed by atoms with Crippen LogP contribution in [0.1, 0.15) is 39.5 Å². The summed E-state index contributed by atoms with van der Waals surface area (Å²) in [5.74, 6) is 0. The molecule has 8 heteroatoms. The van der Waals surface area contributed by atoms with Gasteiger partial charge in [0, 0.05) is 67.4 Å². The van der Waals surface area contributed by atoms with Crippen LogP contribution in [0.2, 0.25) is 0 Å². The number of para-hydroxylation sites is 4. The normalized spacial score (nSPS) is 12.8. The van der Waals surface area contributed by atoms with Crippen molar-refractivity contribution in [1.29, 1.82) is 15.8 Å². The van der Waals surface area contributed by atoms with E-state index in [1.165, 1.54) is 0 Å². The first-order chi connectivity index (χ1) is 40.0. The van der Waals surface area contributed by atoms with Crippen molar-refractivity contribution < 1.29 is 0 Å². The summed E-state index contributed by atoms with van der Waals surface area (Å²) in [6, 6.07) is 100. The highest BCUT2D eigenvalue weighted by Gasteiger charge is 2.24. The van der Waals surface area contributed by atoms with Crippen LogP contribution in [0.3, 0.4) is 0 Å². The molecule has 0 bridgehead atoms. The largest absolute Gasteiger partial charge is 0.359 e. The van der Waals surface area contributed by atoms with Crippen LogP contribution in [0.15, 0.2) is 284 Å². The van der Waals surface area contributed by atoms with E-state index < -0.39 is 6.17 Å². The van der Waals surface area contributed by atoms with Crippen molar-refractivity contribution in [3.63, 3.8) is 0 Å². The van der Waals surface area contributed by atoms with Gasteiger partial charge < -0.3 is 19.7 Å². The first-order valence-corrected chi connectivity index (χ1v) is 26.7. The minimum atomic E-state index is -0.542. The fraction of sp³-hybridized carbons (Fsp3) is 0.0137. The molecule has 1 aliphatic heterocycles. The van der Waals surface area contributed by atoms with E-state index in [2.05, 4.69) is 232 Å². The van der Waals surface area contributed by atoms with Crippen LogP contribution in [0, 0.1) is 34.0 Å². The summed E-state index contributed by atoms with van der Waals surface area (Å²) in [6.07, 6.45) is 1.43. The molecular formula is C73H48N8. The smallest absolute Gasteiger partial charge is 0.146 e.